The minimum absolute atomic E-state index is 0.178. The van der Waals surface area contributed by atoms with Crippen LogP contribution in [-0.4, -0.2) is 38.9 Å². The molecule has 4 nitrogen and oxygen atoms in total. The molecule has 2 aliphatic heterocycles. The Bertz CT molecular complexity index is 532. The lowest BCUT2D eigenvalue weighted by Gasteiger charge is -2.17. The molecule has 98 valence electrons. The Morgan fingerprint density at radius 3 is 2.22 bits per heavy atom. The van der Waals surface area contributed by atoms with Crippen LogP contribution in [0.2, 0.25) is 0 Å². The van der Waals surface area contributed by atoms with Gasteiger partial charge in [0, 0.05) is 13.1 Å². The number of nitrogens with zero attached hydrogens (tertiary/aromatic N) is 1. The van der Waals surface area contributed by atoms with E-state index in [0.29, 0.717) is 24.9 Å². The molecule has 2 heterocycles. The normalized spacial score (nSPS) is 28.5. The molecule has 0 bridgehead atoms. The Morgan fingerprint density at radius 2 is 1.67 bits per heavy atom. The van der Waals surface area contributed by atoms with E-state index in [1.165, 1.54) is 28.6 Å². The number of nitrogens with one attached hydrogen (secondary N) is 1. The highest BCUT2D eigenvalue weighted by atomic mass is 32.2. The zero-order valence-corrected chi connectivity index (χ0v) is 10.7. The smallest absolute Gasteiger partial charge is 0.243 e. The molecule has 6 heteroatoms. The van der Waals surface area contributed by atoms with Gasteiger partial charge in [-0.2, -0.15) is 4.31 Å². The fourth-order valence-corrected chi connectivity index (χ4v) is 4.32. The van der Waals surface area contributed by atoms with Crippen LogP contribution in [0.3, 0.4) is 0 Å². The van der Waals surface area contributed by atoms with Gasteiger partial charge in [0.05, 0.1) is 4.90 Å². The average Bonchev–Trinajstić information content (AvgIpc) is 2.89. The zero-order chi connectivity index (χ0) is 12.8. The Kier molecular flexibility index (Phi) is 2.88. The standard InChI is InChI=1S/C12H15FN2O2S/c13-11-1-3-12(4-2-11)18(16,17)15-7-9-5-14-6-10(9)8-15/h1-4,9-10,14H,5-8H2/t9-,10+. The SMILES string of the molecule is O=S(=O)(c1ccc(F)cc1)N1C[C@H]2CNC[C@H]2C1. The number of halogens is 1. The van der Waals surface area contributed by atoms with Crippen molar-refractivity contribution in [2.45, 2.75) is 4.90 Å². The predicted molar refractivity (Wildman–Crippen MR) is 65.0 cm³/mol. The first-order valence-corrected chi connectivity index (χ1v) is 7.48. The maximum atomic E-state index is 12.8. The van der Waals surface area contributed by atoms with Gasteiger partial charge in [-0.25, -0.2) is 12.8 Å². The van der Waals surface area contributed by atoms with Crippen molar-refractivity contribution in [2.75, 3.05) is 26.2 Å². The largest absolute Gasteiger partial charge is 0.316 e. The number of benzene rings is 1. The number of fused-ring (bicyclic) bond motifs is 1. The van der Waals surface area contributed by atoms with Gasteiger partial charge in [-0.15, -0.1) is 0 Å². The Morgan fingerprint density at radius 1 is 1.11 bits per heavy atom. The van der Waals surface area contributed by atoms with Crippen molar-refractivity contribution >= 4 is 10.0 Å². The van der Waals surface area contributed by atoms with Crippen molar-refractivity contribution in [2.24, 2.45) is 11.8 Å². The van der Waals surface area contributed by atoms with Crippen molar-refractivity contribution in [3.05, 3.63) is 30.1 Å². The average molecular weight is 270 g/mol. The van der Waals surface area contributed by atoms with E-state index in [0.717, 1.165) is 13.1 Å². The molecule has 1 N–H and O–H groups in total. The van der Waals surface area contributed by atoms with Crippen molar-refractivity contribution in [1.82, 2.24) is 9.62 Å². The summed E-state index contributed by atoms with van der Waals surface area (Å²) in [5, 5.41) is 3.27. The number of sulfonamides is 1. The van der Waals surface area contributed by atoms with Crippen LogP contribution in [0.1, 0.15) is 0 Å². The minimum atomic E-state index is -3.46. The first-order chi connectivity index (χ1) is 8.57. The number of rotatable bonds is 2. The fourth-order valence-electron chi connectivity index (χ4n) is 2.76. The van der Waals surface area contributed by atoms with Crippen LogP contribution in [0, 0.1) is 17.7 Å². The van der Waals surface area contributed by atoms with Gasteiger partial charge in [-0.05, 0) is 49.2 Å². The lowest BCUT2D eigenvalue weighted by molar-refractivity contribution is 0.448. The Labute approximate surface area is 106 Å². The first kappa shape index (κ1) is 12.1. The molecule has 0 aromatic heterocycles. The maximum Gasteiger partial charge on any atom is 0.243 e. The van der Waals surface area contributed by atoms with Gasteiger partial charge in [0.1, 0.15) is 5.82 Å². The van der Waals surface area contributed by atoms with Gasteiger partial charge < -0.3 is 5.32 Å². The Balaban J connectivity index is 1.85. The van der Waals surface area contributed by atoms with Crippen molar-refractivity contribution < 1.29 is 12.8 Å². The van der Waals surface area contributed by atoms with Gasteiger partial charge in [0.25, 0.3) is 0 Å². The summed E-state index contributed by atoms with van der Waals surface area (Å²) in [6.07, 6.45) is 0. The zero-order valence-electron chi connectivity index (χ0n) is 9.84. The van der Waals surface area contributed by atoms with Crippen LogP contribution in [0.4, 0.5) is 4.39 Å². The summed E-state index contributed by atoms with van der Waals surface area (Å²) in [6, 6.07) is 5.03. The summed E-state index contributed by atoms with van der Waals surface area (Å²) in [4.78, 5) is 0.178. The molecule has 0 amide bonds. The molecule has 0 spiro atoms. The molecule has 2 saturated heterocycles. The molecule has 2 atom stereocenters. The fraction of sp³-hybridized carbons (Fsp3) is 0.500. The van der Waals surface area contributed by atoms with Crippen molar-refractivity contribution in [3.63, 3.8) is 0 Å². The Hall–Kier alpha value is -0.980. The molecule has 0 aliphatic carbocycles. The van der Waals surface area contributed by atoms with Crippen LogP contribution in [0.25, 0.3) is 0 Å². The third-order valence-corrected chi connectivity index (χ3v) is 5.65. The lowest BCUT2D eigenvalue weighted by atomic mass is 10.0. The van der Waals surface area contributed by atoms with Gasteiger partial charge in [-0.3, -0.25) is 0 Å². The van der Waals surface area contributed by atoms with E-state index in [4.69, 9.17) is 0 Å². The topological polar surface area (TPSA) is 49.4 Å². The predicted octanol–water partition coefficient (Wildman–Crippen LogP) is 0.666. The summed E-state index contributed by atoms with van der Waals surface area (Å²) < 4.78 is 39.1. The van der Waals surface area contributed by atoms with Gasteiger partial charge in [0.2, 0.25) is 10.0 Å². The quantitative estimate of drug-likeness (QED) is 0.859. The van der Waals surface area contributed by atoms with Gasteiger partial charge in [-0.1, -0.05) is 0 Å². The number of hydrogen-bond acceptors (Lipinski definition) is 3. The molecule has 2 fully saturated rings. The third-order valence-electron chi connectivity index (χ3n) is 3.81. The maximum absolute atomic E-state index is 12.8. The third kappa shape index (κ3) is 1.94. The molecule has 0 radical (unpaired) electrons. The summed E-state index contributed by atoms with van der Waals surface area (Å²) in [5.74, 6) is 0.414. The number of hydrogen-bond donors (Lipinski definition) is 1. The highest BCUT2D eigenvalue weighted by molar-refractivity contribution is 7.89. The van der Waals surface area contributed by atoms with E-state index in [2.05, 4.69) is 5.32 Å². The van der Waals surface area contributed by atoms with E-state index in [1.54, 1.807) is 0 Å². The van der Waals surface area contributed by atoms with Gasteiger partial charge >= 0.3 is 0 Å². The van der Waals surface area contributed by atoms with Crippen LogP contribution in [-0.2, 0) is 10.0 Å². The molecule has 0 saturated carbocycles. The monoisotopic (exact) mass is 270 g/mol. The summed E-state index contributed by atoms with van der Waals surface area (Å²) in [5.41, 5.74) is 0. The van der Waals surface area contributed by atoms with E-state index < -0.39 is 15.8 Å². The van der Waals surface area contributed by atoms with Gasteiger partial charge in [0.15, 0.2) is 0 Å². The highest BCUT2D eigenvalue weighted by Gasteiger charge is 2.41. The molecule has 3 rings (SSSR count). The van der Waals surface area contributed by atoms with Crippen LogP contribution >= 0.6 is 0 Å². The summed E-state index contributed by atoms with van der Waals surface area (Å²) in [6.45, 7) is 2.91. The molecule has 1 aromatic carbocycles. The summed E-state index contributed by atoms with van der Waals surface area (Å²) in [7, 11) is -3.46. The molecule has 1 aromatic rings. The molecule has 18 heavy (non-hydrogen) atoms. The van der Waals surface area contributed by atoms with Crippen molar-refractivity contribution in [1.29, 1.82) is 0 Å². The summed E-state index contributed by atoms with van der Waals surface area (Å²) >= 11 is 0. The second-order valence-corrected chi connectivity index (χ2v) is 6.89. The molecule has 2 aliphatic rings. The van der Waals surface area contributed by atoms with Crippen LogP contribution in [0.15, 0.2) is 29.2 Å². The van der Waals surface area contributed by atoms with Crippen LogP contribution < -0.4 is 5.32 Å². The molecular formula is C12H15FN2O2S. The van der Waals surface area contributed by atoms with E-state index in [9.17, 15) is 12.8 Å². The lowest BCUT2D eigenvalue weighted by Crippen LogP contribution is -2.31. The van der Waals surface area contributed by atoms with E-state index in [-0.39, 0.29) is 4.90 Å². The van der Waals surface area contributed by atoms with Crippen LogP contribution in [0.5, 0.6) is 0 Å². The van der Waals surface area contributed by atoms with Crippen molar-refractivity contribution in [3.8, 4) is 0 Å². The highest BCUT2D eigenvalue weighted by Crippen LogP contribution is 2.30. The second-order valence-electron chi connectivity index (χ2n) is 4.95. The second kappa shape index (κ2) is 4.29. The molecule has 0 unspecified atom stereocenters. The first-order valence-electron chi connectivity index (χ1n) is 6.04. The van der Waals surface area contributed by atoms with E-state index >= 15 is 0 Å². The molecular weight excluding hydrogens is 255 g/mol. The van der Waals surface area contributed by atoms with E-state index in [1.807, 2.05) is 0 Å². The minimum Gasteiger partial charge on any atom is -0.316 e.